The number of anilines is 1. The molecule has 2 aromatic carbocycles. The average Bonchev–Trinajstić information content (AvgIpc) is 2.71. The Kier molecular flexibility index (Phi) is 7.06. The van der Waals surface area contributed by atoms with Gasteiger partial charge in [0.15, 0.2) is 5.16 Å². The molecule has 1 N–H and O–H groups in total. The molecule has 6 nitrogen and oxygen atoms in total. The highest BCUT2D eigenvalue weighted by Gasteiger charge is 2.14. The van der Waals surface area contributed by atoms with E-state index in [9.17, 15) is 9.59 Å². The molecule has 0 fully saturated rings. The average molecular weight is 412 g/mol. The number of carbonyl (C=O) groups is 1. The Bertz CT molecular complexity index is 1060. The van der Waals surface area contributed by atoms with Gasteiger partial charge in [0.1, 0.15) is 0 Å². The zero-order valence-electron chi connectivity index (χ0n) is 16.9. The Morgan fingerprint density at radius 2 is 1.86 bits per heavy atom. The van der Waals surface area contributed by atoms with Gasteiger partial charge in [0.25, 0.3) is 5.56 Å². The van der Waals surface area contributed by atoms with Crippen LogP contribution >= 0.6 is 11.8 Å². The Hall–Kier alpha value is -2.64. The number of methoxy groups -OCH3 is 1. The van der Waals surface area contributed by atoms with Gasteiger partial charge in [0.05, 0.1) is 16.7 Å². The lowest BCUT2D eigenvalue weighted by molar-refractivity contribution is -0.113. The molecule has 7 heteroatoms. The number of para-hydroxylation sites is 2. The van der Waals surface area contributed by atoms with Crippen molar-refractivity contribution in [2.75, 3.05) is 24.8 Å². The van der Waals surface area contributed by atoms with Gasteiger partial charge in [-0.3, -0.25) is 14.2 Å². The predicted molar refractivity (Wildman–Crippen MR) is 118 cm³/mol. The van der Waals surface area contributed by atoms with E-state index in [0.717, 1.165) is 16.8 Å². The molecule has 0 saturated heterocycles. The fraction of sp³-hybridized carbons (Fsp3) is 0.318. The third kappa shape index (κ3) is 5.05. The number of ether oxygens (including phenoxy) is 1. The van der Waals surface area contributed by atoms with Crippen molar-refractivity contribution < 1.29 is 9.53 Å². The summed E-state index contributed by atoms with van der Waals surface area (Å²) in [5.41, 5.74) is 3.41. The molecule has 0 aliphatic carbocycles. The molecule has 0 atom stereocenters. The van der Waals surface area contributed by atoms with Crippen LogP contribution in [0.25, 0.3) is 10.9 Å². The smallest absolute Gasteiger partial charge is 0.262 e. The first-order valence-electron chi connectivity index (χ1n) is 9.48. The number of fused-ring (bicyclic) bond motifs is 1. The van der Waals surface area contributed by atoms with E-state index < -0.39 is 0 Å². The molecule has 3 rings (SSSR count). The Balaban J connectivity index is 1.81. The minimum Gasteiger partial charge on any atom is -0.385 e. The number of aryl methyl sites for hydroxylation is 2. The topological polar surface area (TPSA) is 73.2 Å². The molecular weight excluding hydrogens is 386 g/mol. The van der Waals surface area contributed by atoms with Crippen LogP contribution in [0, 0.1) is 13.8 Å². The molecule has 1 heterocycles. The number of nitrogens with zero attached hydrogens (tertiary/aromatic N) is 2. The number of carbonyl (C=O) groups excluding carboxylic acids is 1. The van der Waals surface area contributed by atoms with Crippen LogP contribution in [-0.4, -0.2) is 34.9 Å². The van der Waals surface area contributed by atoms with Gasteiger partial charge >= 0.3 is 0 Å². The molecule has 1 aromatic heterocycles. The maximum Gasteiger partial charge on any atom is 0.262 e. The highest BCUT2D eigenvalue weighted by Crippen LogP contribution is 2.22. The predicted octanol–water partition coefficient (Wildman–Crippen LogP) is 3.78. The van der Waals surface area contributed by atoms with Crippen molar-refractivity contribution in [3.63, 3.8) is 0 Å². The van der Waals surface area contributed by atoms with Gasteiger partial charge in [-0.25, -0.2) is 4.98 Å². The van der Waals surface area contributed by atoms with E-state index in [1.54, 1.807) is 17.7 Å². The molecule has 1 amide bonds. The van der Waals surface area contributed by atoms with Crippen molar-refractivity contribution in [3.05, 3.63) is 63.9 Å². The molecule has 0 spiro atoms. The minimum atomic E-state index is -0.127. The van der Waals surface area contributed by atoms with Crippen molar-refractivity contribution in [1.29, 1.82) is 0 Å². The van der Waals surface area contributed by atoms with Gasteiger partial charge < -0.3 is 10.1 Å². The maximum atomic E-state index is 12.9. The van der Waals surface area contributed by atoms with Crippen molar-refractivity contribution in [2.45, 2.75) is 32.0 Å². The lowest BCUT2D eigenvalue weighted by Gasteiger charge is -2.14. The summed E-state index contributed by atoms with van der Waals surface area (Å²) in [5.74, 6) is 0.0429. The highest BCUT2D eigenvalue weighted by atomic mass is 32.2. The first-order valence-corrected chi connectivity index (χ1v) is 10.5. The molecule has 152 valence electrons. The van der Waals surface area contributed by atoms with Gasteiger partial charge in [-0.2, -0.15) is 0 Å². The third-order valence-electron chi connectivity index (χ3n) is 4.63. The van der Waals surface area contributed by atoms with Crippen LogP contribution in [0.2, 0.25) is 0 Å². The Labute approximate surface area is 174 Å². The van der Waals surface area contributed by atoms with E-state index in [2.05, 4.69) is 10.3 Å². The Morgan fingerprint density at radius 3 is 2.59 bits per heavy atom. The molecule has 29 heavy (non-hydrogen) atoms. The molecule has 0 saturated carbocycles. The monoisotopic (exact) mass is 411 g/mol. The summed E-state index contributed by atoms with van der Waals surface area (Å²) in [7, 11) is 1.63. The second kappa shape index (κ2) is 9.71. The molecule has 0 aliphatic rings. The van der Waals surface area contributed by atoms with E-state index in [0.29, 0.717) is 35.6 Å². The largest absolute Gasteiger partial charge is 0.385 e. The van der Waals surface area contributed by atoms with Crippen molar-refractivity contribution in [1.82, 2.24) is 9.55 Å². The Morgan fingerprint density at radius 1 is 1.14 bits per heavy atom. The van der Waals surface area contributed by atoms with Crippen molar-refractivity contribution in [3.8, 4) is 0 Å². The molecule has 0 radical (unpaired) electrons. The number of hydrogen-bond acceptors (Lipinski definition) is 5. The fourth-order valence-corrected chi connectivity index (χ4v) is 3.96. The SMILES string of the molecule is COCCCn1c(SCC(=O)Nc2c(C)cccc2C)nc2ccccc2c1=O. The number of thioether (sulfide) groups is 1. The second-order valence-corrected chi connectivity index (χ2v) is 7.76. The van der Waals surface area contributed by atoms with Crippen LogP contribution in [-0.2, 0) is 16.1 Å². The summed E-state index contributed by atoms with van der Waals surface area (Å²) < 4.78 is 6.75. The molecular formula is C22H25N3O3S. The van der Waals surface area contributed by atoms with Gasteiger partial charge in [-0.05, 0) is 43.5 Å². The number of rotatable bonds is 8. The molecule has 0 bridgehead atoms. The normalized spacial score (nSPS) is 11.0. The van der Waals surface area contributed by atoms with Crippen LogP contribution in [0.3, 0.4) is 0 Å². The highest BCUT2D eigenvalue weighted by molar-refractivity contribution is 7.99. The zero-order chi connectivity index (χ0) is 20.8. The second-order valence-electron chi connectivity index (χ2n) is 6.82. The van der Waals surface area contributed by atoms with Crippen LogP contribution in [0.1, 0.15) is 17.5 Å². The number of nitrogens with one attached hydrogen (secondary N) is 1. The number of amides is 1. The number of hydrogen-bond donors (Lipinski definition) is 1. The summed E-state index contributed by atoms with van der Waals surface area (Å²) in [4.78, 5) is 30.1. The van der Waals surface area contributed by atoms with Crippen LogP contribution in [0.15, 0.2) is 52.4 Å². The molecule has 3 aromatic rings. The zero-order valence-corrected chi connectivity index (χ0v) is 17.7. The van der Waals surface area contributed by atoms with Crippen LogP contribution in [0.4, 0.5) is 5.69 Å². The number of benzene rings is 2. The van der Waals surface area contributed by atoms with Gasteiger partial charge in [-0.1, -0.05) is 42.1 Å². The summed E-state index contributed by atoms with van der Waals surface area (Å²) in [5, 5.41) is 4.10. The third-order valence-corrected chi connectivity index (χ3v) is 5.61. The van der Waals surface area contributed by atoms with Crippen LogP contribution < -0.4 is 10.9 Å². The van der Waals surface area contributed by atoms with Crippen molar-refractivity contribution >= 4 is 34.3 Å². The first kappa shape index (κ1) is 21.1. The molecule has 0 aliphatic heterocycles. The van der Waals surface area contributed by atoms with E-state index in [-0.39, 0.29) is 17.2 Å². The standard InChI is InChI=1S/C22H25N3O3S/c1-15-8-6-9-16(2)20(15)24-19(26)14-29-22-23-18-11-5-4-10-17(18)21(27)25(22)12-7-13-28-3/h4-6,8-11H,7,12-14H2,1-3H3,(H,24,26). The quantitative estimate of drug-likeness (QED) is 0.347. The minimum absolute atomic E-state index is 0.0932. The van der Waals surface area contributed by atoms with Gasteiger partial charge in [0.2, 0.25) is 5.91 Å². The van der Waals surface area contributed by atoms with Gasteiger partial charge in [0, 0.05) is 25.9 Å². The summed E-state index contributed by atoms with van der Waals surface area (Å²) in [6.07, 6.45) is 0.693. The molecule has 0 unspecified atom stereocenters. The van der Waals surface area contributed by atoms with Gasteiger partial charge in [-0.15, -0.1) is 0 Å². The van der Waals surface area contributed by atoms with E-state index in [1.165, 1.54) is 11.8 Å². The van der Waals surface area contributed by atoms with E-state index in [4.69, 9.17) is 4.74 Å². The maximum absolute atomic E-state index is 12.9. The van der Waals surface area contributed by atoms with E-state index in [1.807, 2.05) is 50.2 Å². The van der Waals surface area contributed by atoms with Crippen molar-refractivity contribution in [2.24, 2.45) is 0 Å². The lowest BCUT2D eigenvalue weighted by Crippen LogP contribution is -2.25. The fourth-order valence-electron chi connectivity index (χ4n) is 3.14. The first-order chi connectivity index (χ1) is 14.0. The van der Waals surface area contributed by atoms with Crippen LogP contribution in [0.5, 0.6) is 0 Å². The summed E-state index contributed by atoms with van der Waals surface area (Å²) >= 11 is 1.27. The summed E-state index contributed by atoms with van der Waals surface area (Å²) in [6, 6.07) is 13.2. The number of aromatic nitrogens is 2. The summed E-state index contributed by atoms with van der Waals surface area (Å²) in [6.45, 7) is 4.98. The van der Waals surface area contributed by atoms with E-state index >= 15 is 0 Å². The lowest BCUT2D eigenvalue weighted by atomic mass is 10.1.